The molecule has 1 aromatic rings. The zero-order valence-electron chi connectivity index (χ0n) is 14.8. The lowest BCUT2D eigenvalue weighted by atomic mass is 9.80. The molecular weight excluding hydrogens is 294 g/mol. The number of phenols is 1. The van der Waals surface area contributed by atoms with Crippen LogP contribution in [0.1, 0.15) is 40.2 Å². The number of rotatable bonds is 5. The number of aliphatic carboxylic acids is 1. The molecule has 0 saturated heterocycles. The van der Waals surface area contributed by atoms with Gasteiger partial charge in [-0.05, 0) is 42.5 Å². The van der Waals surface area contributed by atoms with Crippen molar-refractivity contribution in [2.75, 3.05) is 7.11 Å². The first-order valence-corrected chi connectivity index (χ1v) is 7.59. The molecule has 0 fully saturated rings. The van der Waals surface area contributed by atoms with Crippen LogP contribution in [0.5, 0.6) is 11.5 Å². The highest BCUT2D eigenvalue weighted by Crippen LogP contribution is 2.26. The summed E-state index contributed by atoms with van der Waals surface area (Å²) in [4.78, 5) is 10.2. The van der Waals surface area contributed by atoms with E-state index in [4.69, 9.17) is 15.6 Å². The first kappa shape index (κ1) is 21.0. The summed E-state index contributed by atoms with van der Waals surface area (Å²) >= 11 is 0. The van der Waals surface area contributed by atoms with E-state index in [-0.39, 0.29) is 11.3 Å². The minimum Gasteiger partial charge on any atom is -0.504 e. The summed E-state index contributed by atoms with van der Waals surface area (Å²) in [5.41, 5.74) is 6.66. The molecule has 0 spiro atoms. The van der Waals surface area contributed by atoms with E-state index in [9.17, 15) is 9.90 Å². The average molecular weight is 323 g/mol. The molecular formula is C18H29NO4. The molecule has 0 unspecified atom stereocenters. The van der Waals surface area contributed by atoms with Crippen molar-refractivity contribution in [3.05, 3.63) is 29.8 Å². The molecule has 1 aromatic carbocycles. The average Bonchev–Trinajstić information content (AvgIpc) is 2.46. The van der Waals surface area contributed by atoms with Crippen molar-refractivity contribution in [3.63, 3.8) is 0 Å². The molecule has 5 nitrogen and oxygen atoms in total. The highest BCUT2D eigenvalue weighted by atomic mass is 16.5. The lowest BCUT2D eigenvalue weighted by Crippen LogP contribution is -2.46. The first-order chi connectivity index (χ1) is 10.5. The number of nitrogens with two attached hydrogens (primary N) is 1. The van der Waals surface area contributed by atoms with Gasteiger partial charge in [-0.15, -0.1) is 0 Å². The van der Waals surface area contributed by atoms with Gasteiger partial charge in [-0.3, -0.25) is 0 Å². The van der Waals surface area contributed by atoms with E-state index < -0.39 is 5.97 Å². The van der Waals surface area contributed by atoms with Gasteiger partial charge >= 0.3 is 5.97 Å². The van der Waals surface area contributed by atoms with E-state index in [0.717, 1.165) is 6.08 Å². The number of benzene rings is 1. The minimum atomic E-state index is -1.02. The summed E-state index contributed by atoms with van der Waals surface area (Å²) in [6.07, 6.45) is 2.44. The van der Waals surface area contributed by atoms with E-state index in [1.54, 1.807) is 12.1 Å². The molecule has 0 radical (unpaired) electrons. The summed E-state index contributed by atoms with van der Waals surface area (Å²) in [6.45, 7) is 10.8. The number of carboxylic acids is 1. The van der Waals surface area contributed by atoms with Gasteiger partial charge in [0.2, 0.25) is 0 Å². The number of hydrogen-bond acceptors (Lipinski definition) is 4. The zero-order valence-corrected chi connectivity index (χ0v) is 14.8. The van der Waals surface area contributed by atoms with Gasteiger partial charge in [-0.25, -0.2) is 4.79 Å². The predicted octanol–water partition coefficient (Wildman–Crippen LogP) is 3.51. The third kappa shape index (κ3) is 7.19. The lowest BCUT2D eigenvalue weighted by Gasteiger charge is -2.33. The fourth-order valence-corrected chi connectivity index (χ4v) is 1.63. The Morgan fingerprint density at radius 1 is 1.26 bits per heavy atom. The Morgan fingerprint density at radius 3 is 2.13 bits per heavy atom. The molecule has 0 aromatic heterocycles. The fourth-order valence-electron chi connectivity index (χ4n) is 1.63. The van der Waals surface area contributed by atoms with Crippen LogP contribution >= 0.6 is 0 Å². The van der Waals surface area contributed by atoms with Crippen LogP contribution in [0.4, 0.5) is 0 Å². The van der Waals surface area contributed by atoms with E-state index >= 15 is 0 Å². The van der Waals surface area contributed by atoms with Gasteiger partial charge in [-0.2, -0.15) is 0 Å². The number of hydrogen-bond donors (Lipinski definition) is 3. The maximum Gasteiger partial charge on any atom is 0.328 e. The molecule has 0 saturated carbocycles. The number of methoxy groups -OCH3 is 1. The SMILES string of the molecule is CC(C)C(C)(N)C(C)C.COc1cc(C=CC(=O)O)ccc1O. The summed E-state index contributed by atoms with van der Waals surface area (Å²) in [6, 6.07) is 4.59. The summed E-state index contributed by atoms with van der Waals surface area (Å²) in [5.74, 6) is 0.463. The lowest BCUT2D eigenvalue weighted by molar-refractivity contribution is -0.131. The number of phenolic OH excluding ortho intramolecular Hbond substituents is 1. The molecule has 0 aliphatic rings. The van der Waals surface area contributed by atoms with Crippen LogP contribution in [0.15, 0.2) is 24.3 Å². The van der Waals surface area contributed by atoms with Crippen molar-refractivity contribution in [3.8, 4) is 11.5 Å². The van der Waals surface area contributed by atoms with Gasteiger partial charge in [-0.1, -0.05) is 33.8 Å². The molecule has 0 heterocycles. The maximum absolute atomic E-state index is 10.2. The zero-order chi connectivity index (χ0) is 18.2. The number of aromatic hydroxyl groups is 1. The Hall–Kier alpha value is -2.01. The van der Waals surface area contributed by atoms with Crippen LogP contribution < -0.4 is 10.5 Å². The highest BCUT2D eigenvalue weighted by Gasteiger charge is 2.26. The molecule has 0 amide bonds. The van der Waals surface area contributed by atoms with Crippen LogP contribution in [0.3, 0.4) is 0 Å². The van der Waals surface area contributed by atoms with Gasteiger partial charge in [0, 0.05) is 11.6 Å². The molecule has 0 bridgehead atoms. The van der Waals surface area contributed by atoms with Crippen LogP contribution in [-0.4, -0.2) is 28.8 Å². The van der Waals surface area contributed by atoms with Crippen molar-refractivity contribution >= 4 is 12.0 Å². The monoisotopic (exact) mass is 323 g/mol. The van der Waals surface area contributed by atoms with Gasteiger partial charge in [0.25, 0.3) is 0 Å². The third-order valence-corrected chi connectivity index (χ3v) is 4.11. The van der Waals surface area contributed by atoms with Gasteiger partial charge < -0.3 is 20.7 Å². The Labute approximate surface area is 138 Å². The van der Waals surface area contributed by atoms with Crippen LogP contribution in [-0.2, 0) is 4.79 Å². The summed E-state index contributed by atoms with van der Waals surface area (Å²) in [7, 11) is 1.43. The number of carbonyl (C=O) groups is 1. The molecule has 1 rings (SSSR count). The second kappa shape index (κ2) is 9.20. The molecule has 130 valence electrons. The number of ether oxygens (including phenoxy) is 1. The largest absolute Gasteiger partial charge is 0.504 e. The van der Waals surface area contributed by atoms with Crippen molar-refractivity contribution < 1.29 is 19.7 Å². The van der Waals surface area contributed by atoms with E-state index in [2.05, 4.69) is 34.6 Å². The van der Waals surface area contributed by atoms with Crippen molar-refractivity contribution in [1.29, 1.82) is 0 Å². The van der Waals surface area contributed by atoms with Crippen molar-refractivity contribution in [2.24, 2.45) is 17.6 Å². The second-order valence-corrected chi connectivity index (χ2v) is 6.28. The highest BCUT2D eigenvalue weighted by molar-refractivity contribution is 5.85. The molecule has 4 N–H and O–H groups in total. The minimum absolute atomic E-state index is 0.000000000000000222. The molecule has 0 aliphatic carbocycles. The topological polar surface area (TPSA) is 92.8 Å². The predicted molar refractivity (Wildman–Crippen MR) is 93.6 cm³/mol. The van der Waals surface area contributed by atoms with Crippen LogP contribution in [0, 0.1) is 11.8 Å². The van der Waals surface area contributed by atoms with E-state index in [1.165, 1.54) is 19.3 Å². The normalized spacial score (nSPS) is 11.5. The van der Waals surface area contributed by atoms with E-state index in [1.807, 2.05) is 0 Å². The Kier molecular flexibility index (Phi) is 8.40. The molecule has 0 aliphatic heterocycles. The van der Waals surface area contributed by atoms with Crippen molar-refractivity contribution in [2.45, 2.75) is 40.2 Å². The van der Waals surface area contributed by atoms with Crippen molar-refractivity contribution in [1.82, 2.24) is 0 Å². The quantitative estimate of drug-likeness (QED) is 0.721. The first-order valence-electron chi connectivity index (χ1n) is 7.59. The van der Waals surface area contributed by atoms with Crippen LogP contribution in [0.25, 0.3) is 6.08 Å². The summed E-state index contributed by atoms with van der Waals surface area (Å²) < 4.78 is 4.86. The van der Waals surface area contributed by atoms with E-state index in [0.29, 0.717) is 23.1 Å². The van der Waals surface area contributed by atoms with Crippen LogP contribution in [0.2, 0.25) is 0 Å². The molecule has 5 heteroatoms. The molecule has 23 heavy (non-hydrogen) atoms. The second-order valence-electron chi connectivity index (χ2n) is 6.28. The Balaban J connectivity index is 0.000000468. The maximum atomic E-state index is 10.2. The summed E-state index contributed by atoms with van der Waals surface area (Å²) in [5, 5.41) is 17.6. The smallest absolute Gasteiger partial charge is 0.328 e. The standard InChI is InChI=1S/C10H10O4.C8H19N/c1-14-9-6-7(2-4-8(9)11)3-5-10(12)13;1-6(2)8(5,9)7(3)4/h2-6,11H,1H3,(H,12,13);6-7H,9H2,1-5H3. The Bertz CT molecular complexity index is 524. The van der Waals surface area contributed by atoms with Gasteiger partial charge in [0.05, 0.1) is 7.11 Å². The van der Waals surface area contributed by atoms with Gasteiger partial charge in [0.15, 0.2) is 11.5 Å². The number of carboxylic acid groups (broad SMARTS) is 1. The van der Waals surface area contributed by atoms with Gasteiger partial charge in [0.1, 0.15) is 0 Å². The Morgan fingerprint density at radius 2 is 1.78 bits per heavy atom. The fraction of sp³-hybridized carbons (Fsp3) is 0.500. The molecule has 0 atom stereocenters. The third-order valence-electron chi connectivity index (χ3n) is 4.11.